The number of anilines is 2. The fourth-order valence-electron chi connectivity index (χ4n) is 2.60. The van der Waals surface area contributed by atoms with Crippen LogP contribution in [0.25, 0.3) is 0 Å². The lowest BCUT2D eigenvalue weighted by Crippen LogP contribution is -2.29. The van der Waals surface area contributed by atoms with Crippen LogP contribution in [0.2, 0.25) is 0 Å². The van der Waals surface area contributed by atoms with Crippen molar-refractivity contribution in [2.75, 3.05) is 23.7 Å². The minimum atomic E-state index is -0.153. The molecular weight excluding hydrogens is 326 g/mol. The molecule has 0 aliphatic rings. The Morgan fingerprint density at radius 2 is 1.62 bits per heavy atom. The maximum Gasteiger partial charge on any atom is 0.253 e. The summed E-state index contributed by atoms with van der Waals surface area (Å²) in [5.41, 5.74) is 4.05. The van der Waals surface area contributed by atoms with Gasteiger partial charge in [0.25, 0.3) is 5.91 Å². The number of hydrogen-bond donors (Lipinski definition) is 3. The number of carbonyl (C=O) groups is 2. The average Bonchev–Trinajstić information content (AvgIpc) is 2.61. The molecule has 0 fully saturated rings. The summed E-state index contributed by atoms with van der Waals surface area (Å²) in [5, 5.41) is 8.91. The van der Waals surface area contributed by atoms with E-state index < -0.39 is 0 Å². The number of amides is 2. The van der Waals surface area contributed by atoms with Crippen LogP contribution in [0.3, 0.4) is 0 Å². The first-order valence-electron chi connectivity index (χ1n) is 8.85. The van der Waals surface area contributed by atoms with Gasteiger partial charge in [-0.1, -0.05) is 44.2 Å². The molecule has 0 aliphatic heterocycles. The Bertz CT molecular complexity index is 764. The maximum absolute atomic E-state index is 12.3. The highest BCUT2D eigenvalue weighted by Crippen LogP contribution is 2.19. The van der Waals surface area contributed by atoms with Crippen molar-refractivity contribution in [1.82, 2.24) is 5.32 Å². The molecule has 2 aromatic rings. The summed E-state index contributed by atoms with van der Waals surface area (Å²) in [4.78, 5) is 24.7. The predicted octanol–water partition coefficient (Wildman–Crippen LogP) is 3.74. The van der Waals surface area contributed by atoms with Crippen molar-refractivity contribution >= 4 is 23.2 Å². The monoisotopic (exact) mass is 353 g/mol. The van der Waals surface area contributed by atoms with Gasteiger partial charge < -0.3 is 16.0 Å². The van der Waals surface area contributed by atoms with Gasteiger partial charge in [0.05, 0.1) is 12.1 Å². The second-order valence-electron chi connectivity index (χ2n) is 6.82. The highest BCUT2D eigenvalue weighted by Gasteiger charge is 2.12. The summed E-state index contributed by atoms with van der Waals surface area (Å²) in [6.07, 6.45) is 0. The normalized spacial score (nSPS) is 10.5. The van der Waals surface area contributed by atoms with Crippen molar-refractivity contribution in [3.8, 4) is 0 Å². The summed E-state index contributed by atoms with van der Waals surface area (Å²) < 4.78 is 0. The Labute approximate surface area is 155 Å². The van der Waals surface area contributed by atoms with Crippen LogP contribution >= 0.6 is 0 Å². The predicted molar refractivity (Wildman–Crippen MR) is 107 cm³/mol. The van der Waals surface area contributed by atoms with Crippen LogP contribution in [0.1, 0.15) is 35.3 Å². The van der Waals surface area contributed by atoms with Crippen molar-refractivity contribution in [3.05, 3.63) is 59.2 Å². The molecule has 0 aromatic heterocycles. The van der Waals surface area contributed by atoms with E-state index in [4.69, 9.17) is 0 Å². The van der Waals surface area contributed by atoms with Gasteiger partial charge in [-0.3, -0.25) is 9.59 Å². The maximum atomic E-state index is 12.3. The number of aryl methyl sites for hydroxylation is 2. The van der Waals surface area contributed by atoms with E-state index >= 15 is 0 Å². The number of nitrogens with one attached hydrogen (secondary N) is 3. The summed E-state index contributed by atoms with van der Waals surface area (Å²) in [6, 6.07) is 13.1. The van der Waals surface area contributed by atoms with Crippen LogP contribution in [-0.2, 0) is 4.79 Å². The number of hydrogen-bond acceptors (Lipinski definition) is 3. The van der Waals surface area contributed by atoms with E-state index in [1.807, 2.05) is 58.0 Å². The van der Waals surface area contributed by atoms with Gasteiger partial charge in [-0.05, 0) is 43.0 Å². The molecule has 3 N–H and O–H groups in total. The SMILES string of the molecule is Cc1cccc(C)c1NC(=O)CNc1ccccc1C(=O)NCC(C)C. The standard InChI is InChI=1S/C21H27N3O2/c1-14(2)12-23-21(26)17-10-5-6-11-18(17)22-13-19(25)24-20-15(3)8-7-9-16(20)4/h5-11,14,22H,12-13H2,1-4H3,(H,23,26)(H,24,25). The van der Waals surface area contributed by atoms with Crippen molar-refractivity contribution in [3.63, 3.8) is 0 Å². The largest absolute Gasteiger partial charge is 0.376 e. The smallest absolute Gasteiger partial charge is 0.253 e. The topological polar surface area (TPSA) is 70.2 Å². The molecule has 0 unspecified atom stereocenters. The summed E-state index contributed by atoms with van der Waals surface area (Å²) in [6.45, 7) is 8.71. The third kappa shape index (κ3) is 5.34. The van der Waals surface area contributed by atoms with Crippen LogP contribution in [0.15, 0.2) is 42.5 Å². The molecule has 2 amide bonds. The molecule has 2 aromatic carbocycles. The lowest BCUT2D eigenvalue weighted by molar-refractivity contribution is -0.114. The summed E-state index contributed by atoms with van der Waals surface area (Å²) in [7, 11) is 0. The van der Waals surface area contributed by atoms with E-state index in [0.29, 0.717) is 23.7 Å². The Balaban J connectivity index is 2.01. The van der Waals surface area contributed by atoms with Crippen LogP contribution < -0.4 is 16.0 Å². The lowest BCUT2D eigenvalue weighted by Gasteiger charge is -2.14. The van der Waals surface area contributed by atoms with Gasteiger partial charge in [-0.25, -0.2) is 0 Å². The van der Waals surface area contributed by atoms with Gasteiger partial charge >= 0.3 is 0 Å². The first-order valence-corrected chi connectivity index (χ1v) is 8.85. The minimum absolute atomic E-state index is 0.0856. The van der Waals surface area contributed by atoms with E-state index in [1.54, 1.807) is 12.1 Å². The van der Waals surface area contributed by atoms with Crippen LogP contribution in [0.5, 0.6) is 0 Å². The molecule has 26 heavy (non-hydrogen) atoms. The molecular formula is C21H27N3O2. The lowest BCUT2D eigenvalue weighted by atomic mass is 10.1. The fourth-order valence-corrected chi connectivity index (χ4v) is 2.60. The van der Waals surface area contributed by atoms with Crippen molar-refractivity contribution in [2.45, 2.75) is 27.7 Å². The van der Waals surface area contributed by atoms with Crippen LogP contribution in [-0.4, -0.2) is 24.9 Å². The number of para-hydroxylation sites is 2. The number of benzene rings is 2. The first-order chi connectivity index (χ1) is 12.4. The zero-order valence-electron chi connectivity index (χ0n) is 15.8. The van der Waals surface area contributed by atoms with E-state index in [1.165, 1.54) is 0 Å². The van der Waals surface area contributed by atoms with Gasteiger partial charge in [0.1, 0.15) is 0 Å². The van der Waals surface area contributed by atoms with Crippen LogP contribution in [0, 0.1) is 19.8 Å². The third-order valence-electron chi connectivity index (χ3n) is 4.03. The Kier molecular flexibility index (Phi) is 6.78. The van der Waals surface area contributed by atoms with Crippen LogP contribution in [0.4, 0.5) is 11.4 Å². The Morgan fingerprint density at radius 1 is 0.962 bits per heavy atom. The van der Waals surface area contributed by atoms with Gasteiger partial charge in [0.15, 0.2) is 0 Å². The zero-order chi connectivity index (χ0) is 19.1. The first kappa shape index (κ1) is 19.5. The van der Waals surface area contributed by atoms with Gasteiger partial charge in [0, 0.05) is 17.9 Å². The molecule has 5 nitrogen and oxygen atoms in total. The van der Waals surface area contributed by atoms with Gasteiger partial charge in [-0.2, -0.15) is 0 Å². The molecule has 0 radical (unpaired) electrons. The minimum Gasteiger partial charge on any atom is -0.376 e. The summed E-state index contributed by atoms with van der Waals surface area (Å²) in [5.74, 6) is 0.0824. The molecule has 0 aliphatic carbocycles. The fraction of sp³-hybridized carbons (Fsp3) is 0.333. The van der Waals surface area contributed by atoms with E-state index in [2.05, 4.69) is 16.0 Å². The highest BCUT2D eigenvalue weighted by atomic mass is 16.2. The Morgan fingerprint density at radius 3 is 2.27 bits per heavy atom. The van der Waals surface area contributed by atoms with Crippen molar-refractivity contribution in [2.24, 2.45) is 5.92 Å². The summed E-state index contributed by atoms with van der Waals surface area (Å²) >= 11 is 0. The zero-order valence-corrected chi connectivity index (χ0v) is 15.8. The molecule has 0 bridgehead atoms. The highest BCUT2D eigenvalue weighted by molar-refractivity contribution is 6.01. The number of carbonyl (C=O) groups excluding carboxylic acids is 2. The number of rotatable bonds is 7. The molecule has 0 spiro atoms. The van der Waals surface area contributed by atoms with Crippen molar-refractivity contribution < 1.29 is 9.59 Å². The molecule has 0 saturated heterocycles. The van der Waals surface area contributed by atoms with E-state index in [0.717, 1.165) is 16.8 Å². The Hall–Kier alpha value is -2.82. The molecule has 0 atom stereocenters. The van der Waals surface area contributed by atoms with E-state index in [9.17, 15) is 9.59 Å². The van der Waals surface area contributed by atoms with Gasteiger partial charge in [0.2, 0.25) is 5.91 Å². The third-order valence-corrected chi connectivity index (χ3v) is 4.03. The molecule has 5 heteroatoms. The second kappa shape index (κ2) is 9.04. The van der Waals surface area contributed by atoms with Crippen molar-refractivity contribution in [1.29, 1.82) is 0 Å². The molecule has 2 rings (SSSR count). The molecule has 0 heterocycles. The second-order valence-corrected chi connectivity index (χ2v) is 6.82. The molecule has 138 valence electrons. The molecule has 0 saturated carbocycles. The van der Waals surface area contributed by atoms with E-state index in [-0.39, 0.29) is 18.4 Å². The quantitative estimate of drug-likeness (QED) is 0.710. The van der Waals surface area contributed by atoms with Gasteiger partial charge in [-0.15, -0.1) is 0 Å². The average molecular weight is 353 g/mol.